The van der Waals surface area contributed by atoms with Gasteiger partial charge in [0.1, 0.15) is 5.75 Å². The topological polar surface area (TPSA) is 48.2 Å². The number of hydrogen-bond donors (Lipinski definition) is 0. The van der Waals surface area contributed by atoms with Crippen LogP contribution in [0.2, 0.25) is 5.02 Å². The van der Waals surface area contributed by atoms with E-state index < -0.39 is 0 Å². The summed E-state index contributed by atoms with van der Waals surface area (Å²) in [6, 6.07) is 17.4. The molecule has 1 heterocycles. The van der Waals surface area contributed by atoms with Gasteiger partial charge in [0, 0.05) is 5.75 Å². The molecule has 3 aromatic rings. The van der Waals surface area contributed by atoms with Crippen LogP contribution in [0.15, 0.2) is 64.2 Å². The molecule has 6 heteroatoms. The molecule has 0 saturated heterocycles. The molecule has 2 aromatic carbocycles. The van der Waals surface area contributed by atoms with E-state index in [2.05, 4.69) is 22.3 Å². The lowest BCUT2D eigenvalue weighted by Crippen LogP contribution is -1.95. The second kappa shape index (κ2) is 7.33. The molecular weight excluding hydrogens is 320 g/mol. The van der Waals surface area contributed by atoms with Crippen LogP contribution in [0.4, 0.5) is 0 Å². The van der Waals surface area contributed by atoms with E-state index in [1.54, 1.807) is 12.1 Å². The van der Waals surface area contributed by atoms with Crippen LogP contribution >= 0.6 is 23.4 Å². The predicted octanol–water partition coefficient (Wildman–Crippen LogP) is 4.59. The number of rotatable bonds is 6. The van der Waals surface area contributed by atoms with Gasteiger partial charge in [-0.2, -0.15) is 0 Å². The average Bonchev–Trinajstić information content (AvgIpc) is 3.01. The Morgan fingerprint density at radius 3 is 2.59 bits per heavy atom. The molecule has 0 amide bonds. The second-order valence-corrected chi connectivity index (χ2v) is 5.79. The summed E-state index contributed by atoms with van der Waals surface area (Å²) in [5.74, 6) is 1.81. The van der Waals surface area contributed by atoms with Crippen molar-refractivity contribution in [2.45, 2.75) is 17.6 Å². The molecule has 0 bridgehead atoms. The van der Waals surface area contributed by atoms with E-state index in [1.807, 2.05) is 30.3 Å². The molecule has 0 aliphatic heterocycles. The lowest BCUT2D eigenvalue weighted by Gasteiger charge is -2.04. The first-order chi connectivity index (χ1) is 10.8. The molecule has 0 fully saturated rings. The molecule has 3 rings (SSSR count). The Kier molecular flexibility index (Phi) is 4.98. The lowest BCUT2D eigenvalue weighted by atomic mass is 10.2. The summed E-state index contributed by atoms with van der Waals surface area (Å²) in [6.07, 6.45) is 0. The Hall–Kier alpha value is -1.98. The molecule has 0 radical (unpaired) electrons. The summed E-state index contributed by atoms with van der Waals surface area (Å²) >= 11 is 7.51. The molecule has 1 aromatic heterocycles. The largest absolute Gasteiger partial charge is 0.482 e. The van der Waals surface area contributed by atoms with Gasteiger partial charge in [0.25, 0.3) is 11.1 Å². The highest BCUT2D eigenvalue weighted by Gasteiger charge is 2.08. The third-order valence-electron chi connectivity index (χ3n) is 2.84. The molecule has 0 unspecified atom stereocenters. The zero-order chi connectivity index (χ0) is 15.2. The quantitative estimate of drug-likeness (QED) is 0.618. The average molecular weight is 333 g/mol. The van der Waals surface area contributed by atoms with Gasteiger partial charge >= 0.3 is 0 Å². The number of halogens is 1. The maximum Gasteiger partial charge on any atom is 0.277 e. The SMILES string of the molecule is Clc1ccccc1OCc1nnc(SCc2ccccc2)o1. The number of para-hydroxylation sites is 1. The fraction of sp³-hybridized carbons (Fsp3) is 0.125. The first-order valence-corrected chi connectivity index (χ1v) is 8.04. The van der Waals surface area contributed by atoms with Crippen molar-refractivity contribution in [3.63, 3.8) is 0 Å². The molecule has 0 N–H and O–H groups in total. The Morgan fingerprint density at radius 2 is 1.77 bits per heavy atom. The highest BCUT2D eigenvalue weighted by atomic mass is 35.5. The van der Waals surface area contributed by atoms with Gasteiger partial charge in [0.05, 0.1) is 5.02 Å². The van der Waals surface area contributed by atoms with Crippen LogP contribution in [-0.2, 0) is 12.4 Å². The molecule has 112 valence electrons. The van der Waals surface area contributed by atoms with Crippen LogP contribution in [0.3, 0.4) is 0 Å². The summed E-state index contributed by atoms with van der Waals surface area (Å²) in [5, 5.41) is 9.05. The third-order valence-corrected chi connectivity index (χ3v) is 4.04. The Morgan fingerprint density at radius 1 is 1.00 bits per heavy atom. The molecule has 0 saturated carbocycles. The van der Waals surface area contributed by atoms with E-state index in [1.165, 1.54) is 17.3 Å². The second-order valence-electron chi connectivity index (χ2n) is 4.46. The minimum Gasteiger partial charge on any atom is -0.482 e. The van der Waals surface area contributed by atoms with Crippen molar-refractivity contribution in [3.05, 3.63) is 71.1 Å². The van der Waals surface area contributed by atoms with E-state index in [-0.39, 0.29) is 6.61 Å². The van der Waals surface area contributed by atoms with Crippen molar-refractivity contribution in [1.82, 2.24) is 10.2 Å². The fourth-order valence-electron chi connectivity index (χ4n) is 1.78. The number of nitrogens with zero attached hydrogens (tertiary/aromatic N) is 2. The van der Waals surface area contributed by atoms with Gasteiger partial charge in [-0.05, 0) is 17.7 Å². The third kappa shape index (κ3) is 4.02. The van der Waals surface area contributed by atoms with E-state index in [9.17, 15) is 0 Å². The number of benzene rings is 2. The van der Waals surface area contributed by atoms with Crippen LogP contribution in [-0.4, -0.2) is 10.2 Å². The number of aromatic nitrogens is 2. The standard InChI is InChI=1S/C16H13ClN2O2S/c17-13-8-4-5-9-14(13)20-10-15-18-19-16(21-15)22-11-12-6-2-1-3-7-12/h1-9H,10-11H2. The highest BCUT2D eigenvalue weighted by molar-refractivity contribution is 7.98. The zero-order valence-electron chi connectivity index (χ0n) is 11.6. The molecule has 0 spiro atoms. The molecule has 0 atom stereocenters. The van der Waals surface area contributed by atoms with Gasteiger partial charge in [-0.25, -0.2) is 0 Å². The summed E-state index contributed by atoms with van der Waals surface area (Å²) in [4.78, 5) is 0. The van der Waals surface area contributed by atoms with Crippen LogP contribution in [0.1, 0.15) is 11.5 Å². The molecule has 4 nitrogen and oxygen atoms in total. The lowest BCUT2D eigenvalue weighted by molar-refractivity contribution is 0.252. The van der Waals surface area contributed by atoms with Gasteiger partial charge in [0.15, 0.2) is 6.61 Å². The van der Waals surface area contributed by atoms with Crippen molar-refractivity contribution in [3.8, 4) is 5.75 Å². The molecular formula is C16H13ClN2O2S. The van der Waals surface area contributed by atoms with Crippen molar-refractivity contribution < 1.29 is 9.15 Å². The minimum absolute atomic E-state index is 0.197. The van der Waals surface area contributed by atoms with Crippen LogP contribution in [0.5, 0.6) is 5.75 Å². The van der Waals surface area contributed by atoms with Crippen LogP contribution < -0.4 is 4.74 Å². The van der Waals surface area contributed by atoms with Gasteiger partial charge in [-0.15, -0.1) is 10.2 Å². The van der Waals surface area contributed by atoms with Crippen molar-refractivity contribution in [2.24, 2.45) is 0 Å². The van der Waals surface area contributed by atoms with E-state index in [0.717, 1.165) is 5.75 Å². The van der Waals surface area contributed by atoms with Gasteiger partial charge in [0.2, 0.25) is 0 Å². The highest BCUT2D eigenvalue weighted by Crippen LogP contribution is 2.25. The number of ether oxygens (including phenoxy) is 1. The van der Waals surface area contributed by atoms with Crippen molar-refractivity contribution >= 4 is 23.4 Å². The number of thioether (sulfide) groups is 1. The first kappa shape index (κ1) is 14.9. The Bertz CT molecular complexity index is 734. The molecule has 0 aliphatic carbocycles. The monoisotopic (exact) mass is 332 g/mol. The first-order valence-electron chi connectivity index (χ1n) is 6.68. The summed E-state index contributed by atoms with van der Waals surface area (Å²) in [6.45, 7) is 0.197. The summed E-state index contributed by atoms with van der Waals surface area (Å²) in [5.41, 5.74) is 1.21. The van der Waals surface area contributed by atoms with E-state index >= 15 is 0 Å². The van der Waals surface area contributed by atoms with E-state index in [0.29, 0.717) is 21.9 Å². The van der Waals surface area contributed by atoms with Crippen molar-refractivity contribution in [1.29, 1.82) is 0 Å². The molecule has 22 heavy (non-hydrogen) atoms. The normalized spacial score (nSPS) is 10.6. The van der Waals surface area contributed by atoms with Gasteiger partial charge in [-0.3, -0.25) is 0 Å². The van der Waals surface area contributed by atoms with Gasteiger partial charge < -0.3 is 9.15 Å². The fourth-order valence-corrected chi connectivity index (χ4v) is 2.70. The molecule has 0 aliphatic rings. The Balaban J connectivity index is 1.54. The maximum atomic E-state index is 6.02. The summed E-state index contributed by atoms with van der Waals surface area (Å²) in [7, 11) is 0. The Labute approximate surface area is 137 Å². The number of hydrogen-bond acceptors (Lipinski definition) is 5. The smallest absolute Gasteiger partial charge is 0.277 e. The van der Waals surface area contributed by atoms with Crippen LogP contribution in [0, 0.1) is 0 Å². The van der Waals surface area contributed by atoms with E-state index in [4.69, 9.17) is 20.8 Å². The van der Waals surface area contributed by atoms with Gasteiger partial charge in [-0.1, -0.05) is 65.8 Å². The zero-order valence-corrected chi connectivity index (χ0v) is 13.2. The van der Waals surface area contributed by atoms with Crippen LogP contribution in [0.25, 0.3) is 0 Å². The maximum absolute atomic E-state index is 6.02. The minimum atomic E-state index is 0.197. The van der Waals surface area contributed by atoms with Crippen molar-refractivity contribution in [2.75, 3.05) is 0 Å². The predicted molar refractivity (Wildman–Crippen MR) is 86.1 cm³/mol. The summed E-state index contributed by atoms with van der Waals surface area (Å²) < 4.78 is 11.1.